The molecule has 1 aromatic heterocycles. The Bertz CT molecular complexity index is 857. The Morgan fingerprint density at radius 2 is 2.12 bits per heavy atom. The summed E-state index contributed by atoms with van der Waals surface area (Å²) in [5, 5.41) is 7.65. The van der Waals surface area contributed by atoms with Crippen LogP contribution in [0.5, 0.6) is 0 Å². The Kier molecular flexibility index (Phi) is 3.71. The fraction of sp³-hybridized carbons (Fsp3) is 0.389. The second-order valence-corrected chi connectivity index (χ2v) is 6.61. The van der Waals surface area contributed by atoms with Crippen LogP contribution in [-0.2, 0) is 17.8 Å². The lowest BCUT2D eigenvalue weighted by molar-refractivity contribution is -0.129. The van der Waals surface area contributed by atoms with Crippen molar-refractivity contribution >= 4 is 23.3 Å². The summed E-state index contributed by atoms with van der Waals surface area (Å²) in [6, 6.07) is 7.86. The molecule has 0 spiro atoms. The first-order valence-electron chi connectivity index (χ1n) is 8.55. The number of anilines is 2. The molecule has 130 valence electrons. The van der Waals surface area contributed by atoms with E-state index in [1.807, 2.05) is 24.3 Å². The lowest BCUT2D eigenvalue weighted by atomic mass is 9.90. The van der Waals surface area contributed by atoms with Crippen molar-refractivity contribution in [1.82, 2.24) is 14.7 Å². The minimum Gasteiger partial charge on any atom is -0.385 e. The Morgan fingerprint density at radius 3 is 2.92 bits per heavy atom. The number of carbonyl (C=O) groups is 2. The van der Waals surface area contributed by atoms with Gasteiger partial charge in [-0.05, 0) is 24.5 Å². The molecule has 2 aliphatic rings. The van der Waals surface area contributed by atoms with Gasteiger partial charge in [-0.15, -0.1) is 5.10 Å². The fourth-order valence-electron chi connectivity index (χ4n) is 3.77. The Balaban J connectivity index is 1.72. The SMILES string of the molecule is CC(=O)N1CCc2c(N)nn(C(=O)C3CCNc4ccccc43)c2C1. The number of benzene rings is 1. The molecule has 1 atom stereocenters. The molecule has 2 aliphatic heterocycles. The standard InChI is InChI=1S/C18H21N5O2/c1-11(24)22-9-7-14-16(10-22)23(21-17(14)19)18(25)13-6-8-20-15-5-3-2-4-12(13)15/h2-5,13,20H,6-10H2,1H3,(H2,19,21). The van der Waals surface area contributed by atoms with Crippen molar-refractivity contribution in [3.63, 3.8) is 0 Å². The molecule has 25 heavy (non-hydrogen) atoms. The summed E-state index contributed by atoms with van der Waals surface area (Å²) in [5.74, 6) is 0.0614. The quantitative estimate of drug-likeness (QED) is 0.823. The second-order valence-electron chi connectivity index (χ2n) is 6.61. The van der Waals surface area contributed by atoms with Gasteiger partial charge < -0.3 is 16.0 Å². The second kappa shape index (κ2) is 5.91. The van der Waals surface area contributed by atoms with E-state index in [0.717, 1.165) is 29.1 Å². The van der Waals surface area contributed by atoms with E-state index in [2.05, 4.69) is 10.4 Å². The number of nitrogens with two attached hydrogens (primary N) is 1. The van der Waals surface area contributed by atoms with Gasteiger partial charge in [0.25, 0.3) is 5.91 Å². The van der Waals surface area contributed by atoms with Crippen molar-refractivity contribution in [2.24, 2.45) is 0 Å². The number of carbonyl (C=O) groups excluding carboxylic acids is 2. The zero-order valence-electron chi connectivity index (χ0n) is 14.2. The first-order chi connectivity index (χ1) is 12.1. The van der Waals surface area contributed by atoms with Gasteiger partial charge in [-0.25, -0.2) is 4.68 Å². The molecule has 7 nitrogen and oxygen atoms in total. The fourth-order valence-corrected chi connectivity index (χ4v) is 3.77. The average molecular weight is 339 g/mol. The van der Waals surface area contributed by atoms with E-state index >= 15 is 0 Å². The van der Waals surface area contributed by atoms with Crippen LogP contribution in [0.1, 0.15) is 40.9 Å². The molecule has 1 amide bonds. The van der Waals surface area contributed by atoms with Crippen LogP contribution in [0.3, 0.4) is 0 Å². The minimum atomic E-state index is -0.256. The van der Waals surface area contributed by atoms with Crippen molar-refractivity contribution in [2.75, 3.05) is 24.1 Å². The maximum atomic E-state index is 13.2. The third-order valence-electron chi connectivity index (χ3n) is 5.13. The first-order valence-corrected chi connectivity index (χ1v) is 8.55. The highest BCUT2D eigenvalue weighted by Crippen LogP contribution is 2.34. The third kappa shape index (κ3) is 2.56. The molecule has 1 unspecified atom stereocenters. The van der Waals surface area contributed by atoms with Gasteiger partial charge in [0.05, 0.1) is 18.2 Å². The van der Waals surface area contributed by atoms with Crippen LogP contribution in [-0.4, -0.2) is 39.6 Å². The van der Waals surface area contributed by atoms with Crippen LogP contribution in [0.15, 0.2) is 24.3 Å². The van der Waals surface area contributed by atoms with Gasteiger partial charge in [-0.2, -0.15) is 0 Å². The number of nitrogens with zero attached hydrogens (tertiary/aromatic N) is 3. The molecule has 0 aliphatic carbocycles. The summed E-state index contributed by atoms with van der Waals surface area (Å²) >= 11 is 0. The molecule has 0 saturated carbocycles. The maximum absolute atomic E-state index is 13.2. The molecule has 0 saturated heterocycles. The van der Waals surface area contributed by atoms with Crippen LogP contribution in [0.2, 0.25) is 0 Å². The Labute approximate surface area is 145 Å². The topological polar surface area (TPSA) is 93.2 Å². The summed E-state index contributed by atoms with van der Waals surface area (Å²) in [4.78, 5) is 26.7. The Hall–Kier alpha value is -2.83. The number of nitrogen functional groups attached to an aromatic ring is 1. The number of rotatable bonds is 1. The number of para-hydroxylation sites is 1. The molecule has 2 aromatic rings. The number of hydrogen-bond acceptors (Lipinski definition) is 5. The van der Waals surface area contributed by atoms with Crippen molar-refractivity contribution in [1.29, 1.82) is 0 Å². The van der Waals surface area contributed by atoms with Gasteiger partial charge in [0.2, 0.25) is 5.91 Å². The number of amides is 1. The highest BCUT2D eigenvalue weighted by atomic mass is 16.2. The lowest BCUT2D eigenvalue weighted by Gasteiger charge is -2.28. The summed E-state index contributed by atoms with van der Waals surface area (Å²) in [5.41, 5.74) is 9.67. The molecule has 3 N–H and O–H groups in total. The molecule has 0 fully saturated rings. The van der Waals surface area contributed by atoms with E-state index in [1.54, 1.807) is 11.8 Å². The maximum Gasteiger partial charge on any atom is 0.254 e. The van der Waals surface area contributed by atoms with Crippen LogP contribution in [0.25, 0.3) is 0 Å². The van der Waals surface area contributed by atoms with Crippen LogP contribution in [0, 0.1) is 0 Å². The predicted molar refractivity (Wildman–Crippen MR) is 94.4 cm³/mol. The Morgan fingerprint density at radius 1 is 1.32 bits per heavy atom. The van der Waals surface area contributed by atoms with Gasteiger partial charge in [0.1, 0.15) is 5.82 Å². The summed E-state index contributed by atoms with van der Waals surface area (Å²) in [7, 11) is 0. The van der Waals surface area contributed by atoms with Crippen molar-refractivity contribution in [2.45, 2.75) is 32.2 Å². The molecule has 0 radical (unpaired) electrons. The number of hydrogen-bond donors (Lipinski definition) is 2. The van der Waals surface area contributed by atoms with E-state index in [1.165, 1.54) is 4.68 Å². The number of nitrogens with one attached hydrogen (secondary N) is 1. The average Bonchev–Trinajstić information content (AvgIpc) is 2.97. The van der Waals surface area contributed by atoms with Crippen LogP contribution in [0.4, 0.5) is 11.5 Å². The van der Waals surface area contributed by atoms with Gasteiger partial charge in [0, 0.05) is 31.3 Å². The zero-order chi connectivity index (χ0) is 17.6. The van der Waals surface area contributed by atoms with Gasteiger partial charge >= 0.3 is 0 Å². The highest BCUT2D eigenvalue weighted by molar-refractivity contribution is 5.89. The van der Waals surface area contributed by atoms with Crippen LogP contribution < -0.4 is 11.1 Å². The van der Waals surface area contributed by atoms with Gasteiger partial charge in [-0.1, -0.05) is 18.2 Å². The molecule has 1 aromatic carbocycles. The van der Waals surface area contributed by atoms with E-state index < -0.39 is 0 Å². The summed E-state index contributed by atoms with van der Waals surface area (Å²) in [6.45, 7) is 3.28. The third-order valence-corrected chi connectivity index (χ3v) is 5.13. The van der Waals surface area contributed by atoms with E-state index in [0.29, 0.717) is 31.7 Å². The number of fused-ring (bicyclic) bond motifs is 2. The van der Waals surface area contributed by atoms with Crippen molar-refractivity contribution in [3.8, 4) is 0 Å². The van der Waals surface area contributed by atoms with Gasteiger partial charge in [-0.3, -0.25) is 9.59 Å². The van der Waals surface area contributed by atoms with Crippen LogP contribution >= 0.6 is 0 Å². The monoisotopic (exact) mass is 339 g/mol. The zero-order valence-corrected chi connectivity index (χ0v) is 14.2. The van der Waals surface area contributed by atoms with Gasteiger partial charge in [0.15, 0.2) is 0 Å². The lowest BCUT2D eigenvalue weighted by Crippen LogP contribution is -2.37. The van der Waals surface area contributed by atoms with E-state index in [9.17, 15) is 9.59 Å². The minimum absolute atomic E-state index is 0.00312. The first kappa shape index (κ1) is 15.7. The summed E-state index contributed by atoms with van der Waals surface area (Å²) < 4.78 is 1.44. The molecular formula is C18H21N5O2. The smallest absolute Gasteiger partial charge is 0.254 e. The van der Waals surface area contributed by atoms with E-state index in [4.69, 9.17) is 5.73 Å². The molecular weight excluding hydrogens is 318 g/mol. The van der Waals surface area contributed by atoms with Crippen molar-refractivity contribution < 1.29 is 9.59 Å². The molecule has 0 bridgehead atoms. The normalized spacial score (nSPS) is 18.9. The molecule has 7 heteroatoms. The van der Waals surface area contributed by atoms with Crippen molar-refractivity contribution in [3.05, 3.63) is 41.1 Å². The van der Waals surface area contributed by atoms with E-state index in [-0.39, 0.29) is 17.7 Å². The molecule has 4 rings (SSSR count). The highest BCUT2D eigenvalue weighted by Gasteiger charge is 2.33. The number of aromatic nitrogens is 2. The summed E-state index contributed by atoms with van der Waals surface area (Å²) in [6.07, 6.45) is 1.34. The molecule has 3 heterocycles. The predicted octanol–water partition coefficient (Wildman–Crippen LogP) is 1.61. The largest absolute Gasteiger partial charge is 0.385 e.